The van der Waals surface area contributed by atoms with E-state index in [9.17, 15) is 5.21 Å². The molecule has 3 heterocycles. The van der Waals surface area contributed by atoms with E-state index in [4.69, 9.17) is 0 Å². The van der Waals surface area contributed by atoms with E-state index in [1.807, 2.05) is 23.6 Å². The molecule has 0 saturated heterocycles. The lowest BCUT2D eigenvalue weighted by Gasteiger charge is -2.19. The Hall–Kier alpha value is -1.28. The van der Waals surface area contributed by atoms with Crippen molar-refractivity contribution in [3.63, 3.8) is 0 Å². The van der Waals surface area contributed by atoms with Gasteiger partial charge in [0.15, 0.2) is 5.65 Å². The Morgan fingerprint density at radius 2 is 2.35 bits per heavy atom. The van der Waals surface area contributed by atoms with Gasteiger partial charge in [0.1, 0.15) is 5.52 Å². The Balaban J connectivity index is 1.78. The Kier molecular flexibility index (Phi) is 4.11. The first-order valence-corrected chi connectivity index (χ1v) is 8.15. The molecule has 0 bridgehead atoms. The van der Waals surface area contributed by atoms with E-state index in [0.29, 0.717) is 6.54 Å². The number of thiophene rings is 1. The standard InChI is InChI=1S/C13H16N4OS2/c1-2-3-8-16(18)20-17-13-11(15-17)7-6-10(14-13)12-5-4-9-19-12/h4-7,9,15,18H,2-3,8H2,1H3. The van der Waals surface area contributed by atoms with Crippen LogP contribution in [0.15, 0.2) is 29.6 Å². The van der Waals surface area contributed by atoms with Gasteiger partial charge in [-0.2, -0.15) is 4.09 Å². The van der Waals surface area contributed by atoms with E-state index in [1.165, 1.54) is 16.6 Å². The van der Waals surface area contributed by atoms with Crippen molar-refractivity contribution in [3.8, 4) is 10.6 Å². The van der Waals surface area contributed by atoms with Crippen molar-refractivity contribution in [3.05, 3.63) is 29.6 Å². The molecule has 5 nitrogen and oxygen atoms in total. The minimum Gasteiger partial charge on any atom is -0.302 e. The first-order valence-electron chi connectivity index (χ1n) is 6.54. The largest absolute Gasteiger partial charge is 0.302 e. The summed E-state index contributed by atoms with van der Waals surface area (Å²) in [4.78, 5) is 5.78. The predicted octanol–water partition coefficient (Wildman–Crippen LogP) is 4.00. The summed E-state index contributed by atoms with van der Waals surface area (Å²) < 4.78 is 3.01. The average molecular weight is 308 g/mol. The van der Waals surface area contributed by atoms with Gasteiger partial charge < -0.3 is 5.21 Å². The van der Waals surface area contributed by atoms with Crippen LogP contribution in [0.1, 0.15) is 19.8 Å². The maximum Gasteiger partial charge on any atom is 0.185 e. The number of hydrogen-bond donors (Lipinski definition) is 2. The molecule has 0 aliphatic rings. The summed E-state index contributed by atoms with van der Waals surface area (Å²) in [7, 11) is 0. The fourth-order valence-corrected chi connectivity index (χ4v) is 3.30. The van der Waals surface area contributed by atoms with Crippen LogP contribution in [0, 0.1) is 0 Å². The highest BCUT2D eigenvalue weighted by atomic mass is 32.2. The van der Waals surface area contributed by atoms with Crippen molar-refractivity contribution < 1.29 is 5.21 Å². The second-order valence-electron chi connectivity index (χ2n) is 4.46. The van der Waals surface area contributed by atoms with Crippen molar-refractivity contribution in [2.45, 2.75) is 19.8 Å². The van der Waals surface area contributed by atoms with Crippen LogP contribution in [0.25, 0.3) is 21.7 Å². The van der Waals surface area contributed by atoms with Crippen LogP contribution in [0.3, 0.4) is 0 Å². The van der Waals surface area contributed by atoms with Gasteiger partial charge in [-0.3, -0.25) is 5.10 Å². The van der Waals surface area contributed by atoms with Gasteiger partial charge in [0, 0.05) is 6.54 Å². The summed E-state index contributed by atoms with van der Waals surface area (Å²) in [6.45, 7) is 2.74. The second-order valence-corrected chi connectivity index (χ2v) is 6.36. The number of aromatic amines is 1. The third-order valence-electron chi connectivity index (χ3n) is 2.94. The molecule has 0 unspecified atom stereocenters. The Morgan fingerprint density at radius 1 is 1.45 bits per heavy atom. The van der Waals surface area contributed by atoms with Gasteiger partial charge in [0.2, 0.25) is 0 Å². The summed E-state index contributed by atoms with van der Waals surface area (Å²) >= 11 is 2.90. The molecular weight excluding hydrogens is 292 g/mol. The van der Waals surface area contributed by atoms with Gasteiger partial charge in [-0.25, -0.2) is 4.98 Å². The van der Waals surface area contributed by atoms with Crippen molar-refractivity contribution in [2.75, 3.05) is 6.54 Å². The van der Waals surface area contributed by atoms with E-state index < -0.39 is 0 Å². The molecule has 3 aromatic rings. The maximum atomic E-state index is 9.78. The number of hydroxylamine groups is 1. The smallest absolute Gasteiger partial charge is 0.185 e. The fraction of sp³-hybridized carbons (Fsp3) is 0.308. The molecule has 0 atom stereocenters. The van der Waals surface area contributed by atoms with Crippen LogP contribution in [0.2, 0.25) is 0 Å². The van der Waals surface area contributed by atoms with E-state index in [-0.39, 0.29) is 0 Å². The van der Waals surface area contributed by atoms with Gasteiger partial charge in [0.25, 0.3) is 0 Å². The van der Waals surface area contributed by atoms with E-state index in [1.54, 1.807) is 15.4 Å². The zero-order valence-electron chi connectivity index (χ0n) is 11.1. The molecule has 3 aromatic heterocycles. The van der Waals surface area contributed by atoms with Crippen LogP contribution in [-0.2, 0) is 0 Å². The maximum absolute atomic E-state index is 9.78. The predicted molar refractivity (Wildman–Crippen MR) is 83.8 cm³/mol. The molecule has 20 heavy (non-hydrogen) atoms. The SMILES string of the molecule is CCCCN(O)Sn1[nH]c2ccc(-c3cccs3)nc21. The molecule has 0 aromatic carbocycles. The number of pyridine rings is 1. The van der Waals surface area contributed by atoms with Crippen molar-refractivity contribution >= 4 is 34.6 Å². The lowest BCUT2D eigenvalue weighted by atomic mass is 10.3. The number of H-pyrrole nitrogens is 1. The fourth-order valence-electron chi connectivity index (χ4n) is 1.85. The summed E-state index contributed by atoms with van der Waals surface area (Å²) in [5.74, 6) is 0. The number of nitrogens with one attached hydrogen (secondary N) is 1. The molecular formula is C13H16N4OS2. The van der Waals surface area contributed by atoms with Crippen molar-refractivity contribution in [2.24, 2.45) is 0 Å². The first-order chi connectivity index (χ1) is 9.78. The molecule has 106 valence electrons. The molecule has 0 spiro atoms. The van der Waals surface area contributed by atoms with Gasteiger partial charge >= 0.3 is 0 Å². The minimum atomic E-state index is 0.638. The molecule has 0 fully saturated rings. The molecule has 0 saturated carbocycles. The molecule has 0 amide bonds. The van der Waals surface area contributed by atoms with Gasteiger partial charge in [-0.05, 0) is 30.0 Å². The highest BCUT2D eigenvalue weighted by Gasteiger charge is 2.13. The van der Waals surface area contributed by atoms with Crippen LogP contribution in [0.4, 0.5) is 0 Å². The van der Waals surface area contributed by atoms with Crippen LogP contribution < -0.4 is 0 Å². The molecule has 0 aliphatic carbocycles. The third kappa shape index (κ3) is 2.76. The zero-order valence-corrected chi connectivity index (χ0v) is 12.7. The Bertz CT molecular complexity index is 674. The normalized spacial score (nSPS) is 11.8. The number of unbranched alkanes of at least 4 members (excludes halogenated alkanes) is 1. The van der Waals surface area contributed by atoms with Gasteiger partial charge in [-0.1, -0.05) is 19.4 Å². The number of aromatic nitrogens is 3. The molecule has 7 heteroatoms. The molecule has 2 N–H and O–H groups in total. The van der Waals surface area contributed by atoms with Crippen LogP contribution in [0.5, 0.6) is 0 Å². The summed E-state index contributed by atoms with van der Waals surface area (Å²) in [5.41, 5.74) is 2.81. The van der Waals surface area contributed by atoms with E-state index in [0.717, 1.165) is 34.6 Å². The number of nitrogens with zero attached hydrogens (tertiary/aromatic N) is 3. The highest BCUT2D eigenvalue weighted by Crippen LogP contribution is 2.27. The molecule has 0 radical (unpaired) electrons. The molecule has 3 rings (SSSR count). The van der Waals surface area contributed by atoms with Gasteiger partial charge in [0.05, 0.1) is 22.7 Å². The van der Waals surface area contributed by atoms with Crippen LogP contribution in [-0.4, -0.2) is 30.4 Å². The third-order valence-corrected chi connectivity index (χ3v) is 4.63. The second kappa shape index (κ2) is 6.01. The zero-order chi connectivity index (χ0) is 13.9. The topological polar surface area (TPSA) is 57.1 Å². The molecule has 0 aliphatic heterocycles. The van der Waals surface area contributed by atoms with Crippen LogP contribution >= 0.6 is 23.5 Å². The van der Waals surface area contributed by atoms with Crippen molar-refractivity contribution in [1.29, 1.82) is 0 Å². The quantitative estimate of drug-likeness (QED) is 0.534. The monoisotopic (exact) mass is 308 g/mol. The van der Waals surface area contributed by atoms with E-state index >= 15 is 0 Å². The van der Waals surface area contributed by atoms with Gasteiger partial charge in [-0.15, -0.1) is 15.8 Å². The Labute approximate surface area is 125 Å². The summed E-state index contributed by atoms with van der Waals surface area (Å²) in [6.07, 6.45) is 2.02. The number of hydrogen-bond acceptors (Lipinski definition) is 5. The number of rotatable bonds is 6. The van der Waals surface area contributed by atoms with Crippen molar-refractivity contribution in [1.82, 2.24) is 18.6 Å². The minimum absolute atomic E-state index is 0.638. The first kappa shape index (κ1) is 13.7. The van der Waals surface area contributed by atoms with E-state index in [2.05, 4.69) is 23.1 Å². The highest BCUT2D eigenvalue weighted by molar-refractivity contribution is 7.95. The average Bonchev–Trinajstić information content (AvgIpc) is 2.96. The summed E-state index contributed by atoms with van der Waals surface area (Å²) in [6, 6.07) is 8.10. The lowest BCUT2D eigenvalue weighted by Crippen LogP contribution is -2.18. The number of fused-ring (bicyclic) bond motifs is 1. The Morgan fingerprint density at radius 3 is 3.10 bits per heavy atom. The summed E-state index contributed by atoms with van der Waals surface area (Å²) in [5, 5.41) is 15.0. The lowest BCUT2D eigenvalue weighted by molar-refractivity contribution is 0.0147.